The summed E-state index contributed by atoms with van der Waals surface area (Å²) in [4.78, 5) is 148. The lowest BCUT2D eigenvalue weighted by molar-refractivity contribution is -0.158. The van der Waals surface area contributed by atoms with Gasteiger partial charge in [-0.2, -0.15) is 0 Å². The predicted molar refractivity (Wildman–Crippen MR) is 289 cm³/mol. The third-order valence-corrected chi connectivity index (χ3v) is 13.3. The topological polar surface area (TPSA) is 362 Å². The van der Waals surface area contributed by atoms with Crippen molar-refractivity contribution in [2.24, 2.45) is 35.5 Å². The normalized spacial score (nSPS) is 24.0. The van der Waals surface area contributed by atoms with Crippen LogP contribution in [0.1, 0.15) is 192 Å². The summed E-state index contributed by atoms with van der Waals surface area (Å²) in [7, 11) is 0. The van der Waals surface area contributed by atoms with E-state index in [0.717, 1.165) is 32.1 Å². The number of esters is 1. The highest BCUT2D eigenvalue weighted by Gasteiger charge is 2.38. The van der Waals surface area contributed by atoms with E-state index in [4.69, 9.17) is 9.84 Å². The summed E-state index contributed by atoms with van der Waals surface area (Å²) in [6.45, 7) is 19.2. The first kappa shape index (κ1) is 70.1. The molecule has 23 nitrogen and oxygen atoms in total. The number of hydrogen-bond acceptors (Lipinski definition) is 13. The van der Waals surface area contributed by atoms with Gasteiger partial charge in [-0.25, -0.2) is 4.79 Å². The number of unbranched alkanes of at least 4 members (excludes halogenated alkanes) is 6. The van der Waals surface area contributed by atoms with E-state index < -0.39 is 157 Å². The van der Waals surface area contributed by atoms with E-state index in [-0.39, 0.29) is 55.8 Å². The monoisotopic (exact) mass is 1110 g/mol. The number of aliphatic hydroxyl groups is 1. The Morgan fingerprint density at radius 3 is 1.31 bits per heavy atom. The van der Waals surface area contributed by atoms with E-state index in [1.54, 1.807) is 76.2 Å². The summed E-state index contributed by atoms with van der Waals surface area (Å²) in [5.74, 6) is -12.8. The number of aliphatic carboxylic acids is 3. The lowest BCUT2D eigenvalue weighted by Crippen LogP contribution is -2.61. The summed E-state index contributed by atoms with van der Waals surface area (Å²) >= 11 is 0. The van der Waals surface area contributed by atoms with Crippen LogP contribution in [0.4, 0.5) is 0 Å². The quantitative estimate of drug-likeness (QED) is 0.0411. The fourth-order valence-electron chi connectivity index (χ4n) is 9.10. The maximum atomic E-state index is 14.4. The summed E-state index contributed by atoms with van der Waals surface area (Å²) in [6, 6.07) is -9.91. The van der Waals surface area contributed by atoms with Gasteiger partial charge < -0.3 is 62.4 Å². The average molecular weight is 1110 g/mol. The zero-order valence-electron chi connectivity index (χ0n) is 48.1. The second-order valence-electron chi connectivity index (χ2n) is 23.2. The molecule has 1 fully saturated rings. The highest BCUT2D eigenvalue weighted by atomic mass is 16.5. The lowest BCUT2D eigenvalue weighted by Gasteiger charge is -2.30. The summed E-state index contributed by atoms with van der Waals surface area (Å²) < 4.78 is 6.13. The molecule has 0 unspecified atom stereocenters. The molecule has 10 atom stereocenters. The van der Waals surface area contributed by atoms with Crippen molar-refractivity contribution >= 4 is 65.2 Å². The standard InChI is InChI=1S/C55H95N7O16/c1-30(2)23-38-50(72)59-40(25-32(5)6)53(75)62-48(34(9)10)54(76)60-41(28-47(69)70)52(74)58-39(24-31(3)4)51(73)61-42(26-33(7)8)55(77)78-43(29-44(64)56-37(49(71)57-38)21-22-45(65)66)35(11)19-17-15-13-12-14-16-18-20-36(63)27-46(67)68/h30-43,48,63H,12-29H2,1-11H3,(H,56,64)(H,57,71)(H,58,74)(H,59,72)(H,60,76)(H,61,73)(H,62,75)(H,65,66)(H,67,68)(H,69,70)/t35-,36+,37+,38+,39-,40-,41+,42+,43+,48+/m1/s1. The van der Waals surface area contributed by atoms with Crippen molar-refractivity contribution in [2.45, 2.75) is 246 Å². The molecule has 1 saturated heterocycles. The van der Waals surface area contributed by atoms with Crippen molar-refractivity contribution in [3.8, 4) is 0 Å². The second-order valence-corrected chi connectivity index (χ2v) is 23.2. The van der Waals surface area contributed by atoms with Crippen molar-refractivity contribution < 1.29 is 77.9 Å². The fourth-order valence-corrected chi connectivity index (χ4v) is 9.10. The van der Waals surface area contributed by atoms with Crippen LogP contribution in [0.2, 0.25) is 0 Å². The van der Waals surface area contributed by atoms with Crippen molar-refractivity contribution in [3.63, 3.8) is 0 Å². The van der Waals surface area contributed by atoms with Gasteiger partial charge in [0.05, 0.1) is 25.4 Å². The summed E-state index contributed by atoms with van der Waals surface area (Å²) in [5.41, 5.74) is 0. The number of cyclic esters (lactones) is 1. The molecule has 7 amide bonds. The fraction of sp³-hybridized carbons (Fsp3) is 0.800. The molecule has 23 heteroatoms. The van der Waals surface area contributed by atoms with Crippen LogP contribution in [0.5, 0.6) is 0 Å². The molecule has 11 N–H and O–H groups in total. The number of amides is 7. The van der Waals surface area contributed by atoms with Crippen LogP contribution in [0.15, 0.2) is 0 Å². The number of rotatable bonds is 27. The van der Waals surface area contributed by atoms with Gasteiger partial charge in [-0.05, 0) is 80.5 Å². The molecule has 446 valence electrons. The van der Waals surface area contributed by atoms with E-state index >= 15 is 0 Å². The first-order chi connectivity index (χ1) is 36.4. The number of carbonyl (C=O) groups is 11. The minimum atomic E-state index is -1.75. The van der Waals surface area contributed by atoms with Crippen molar-refractivity contribution in [2.75, 3.05) is 0 Å². The molecule has 0 aliphatic carbocycles. The number of hydrogen-bond donors (Lipinski definition) is 11. The first-order valence-electron chi connectivity index (χ1n) is 28.1. The zero-order valence-corrected chi connectivity index (χ0v) is 48.1. The Morgan fingerprint density at radius 1 is 0.474 bits per heavy atom. The molecule has 1 aliphatic rings. The molecule has 0 radical (unpaired) electrons. The molecule has 0 aromatic carbocycles. The minimum Gasteiger partial charge on any atom is -0.481 e. The van der Waals surface area contributed by atoms with Gasteiger partial charge >= 0.3 is 23.9 Å². The van der Waals surface area contributed by atoms with Crippen molar-refractivity contribution in [1.29, 1.82) is 0 Å². The van der Waals surface area contributed by atoms with Crippen molar-refractivity contribution in [1.82, 2.24) is 37.2 Å². The number of carbonyl (C=O) groups excluding carboxylic acids is 8. The largest absolute Gasteiger partial charge is 0.481 e. The van der Waals surface area contributed by atoms with E-state index in [1.165, 1.54) is 0 Å². The third kappa shape index (κ3) is 29.2. The number of ether oxygens (including phenoxy) is 1. The van der Waals surface area contributed by atoms with Gasteiger partial charge in [0.25, 0.3) is 0 Å². The highest BCUT2D eigenvalue weighted by molar-refractivity contribution is 5.98. The number of carboxylic acid groups (broad SMARTS) is 3. The van der Waals surface area contributed by atoms with Crippen LogP contribution >= 0.6 is 0 Å². The Morgan fingerprint density at radius 2 is 0.872 bits per heavy atom. The highest BCUT2D eigenvalue weighted by Crippen LogP contribution is 2.23. The Kier molecular flexibility index (Phi) is 32.7. The van der Waals surface area contributed by atoms with Crippen molar-refractivity contribution in [3.05, 3.63) is 0 Å². The van der Waals surface area contributed by atoms with Crippen LogP contribution in [0.3, 0.4) is 0 Å². The Hall–Kier alpha value is -5.87. The SMILES string of the molecule is CC(C)C[C@@H]1NC(=O)[C@H](CCC(=O)O)NC(=O)C[C@@H]([C@H](C)CCCCCCCCC[C@H](O)CC(=O)O)OC(=O)[C@H](CC(C)C)NC(=O)[C@@H](CC(C)C)NC(=O)[C@H](CC(=O)O)NC(=O)[C@H](C(C)C)NC(=O)[C@@H](CC(C)C)NC1=O. The van der Waals surface area contributed by atoms with E-state index in [9.17, 15) is 68.1 Å². The summed E-state index contributed by atoms with van der Waals surface area (Å²) in [5, 5.41) is 56.6. The van der Waals surface area contributed by atoms with Gasteiger partial charge in [0.15, 0.2) is 0 Å². The maximum Gasteiger partial charge on any atom is 0.328 e. The van der Waals surface area contributed by atoms with Gasteiger partial charge in [-0.1, -0.05) is 121 Å². The summed E-state index contributed by atoms with van der Waals surface area (Å²) in [6.07, 6.45) is 1.79. The predicted octanol–water partition coefficient (Wildman–Crippen LogP) is 3.86. The molecule has 0 aromatic heterocycles. The van der Waals surface area contributed by atoms with E-state index in [1.807, 2.05) is 0 Å². The van der Waals surface area contributed by atoms with Crippen LogP contribution in [0, 0.1) is 35.5 Å². The van der Waals surface area contributed by atoms with E-state index in [0.29, 0.717) is 25.7 Å². The number of carboxylic acids is 3. The molecule has 0 bridgehead atoms. The molecular formula is C55H95N7O16. The van der Waals surface area contributed by atoms with Crippen LogP contribution in [-0.4, -0.2) is 140 Å². The molecule has 1 rings (SSSR count). The van der Waals surface area contributed by atoms with Gasteiger partial charge in [0.1, 0.15) is 48.4 Å². The smallest absolute Gasteiger partial charge is 0.328 e. The third-order valence-electron chi connectivity index (χ3n) is 13.3. The lowest BCUT2D eigenvalue weighted by atomic mass is 9.93. The molecule has 78 heavy (non-hydrogen) atoms. The number of aliphatic hydroxyl groups excluding tert-OH is 1. The first-order valence-corrected chi connectivity index (χ1v) is 28.1. The van der Waals surface area contributed by atoms with Gasteiger partial charge in [0, 0.05) is 6.42 Å². The zero-order chi connectivity index (χ0) is 59.4. The second kappa shape index (κ2) is 36.3. The molecule has 1 aliphatic heterocycles. The van der Waals surface area contributed by atoms with Crippen LogP contribution < -0.4 is 37.2 Å². The molecule has 0 saturated carbocycles. The molecule has 0 aromatic rings. The van der Waals surface area contributed by atoms with Gasteiger partial charge in [-0.15, -0.1) is 0 Å². The van der Waals surface area contributed by atoms with Crippen LogP contribution in [0.25, 0.3) is 0 Å². The molecule has 0 spiro atoms. The van der Waals surface area contributed by atoms with E-state index in [2.05, 4.69) is 37.2 Å². The van der Waals surface area contributed by atoms with Gasteiger partial charge in [0.2, 0.25) is 41.4 Å². The molecular weight excluding hydrogens is 1010 g/mol. The minimum absolute atomic E-state index is 0.00674. The van der Waals surface area contributed by atoms with Gasteiger partial charge in [-0.3, -0.25) is 47.9 Å². The van der Waals surface area contributed by atoms with Crippen LogP contribution in [-0.2, 0) is 57.5 Å². The Labute approximate surface area is 460 Å². The average Bonchev–Trinajstić information content (AvgIpc) is 3.30. The Balaban J connectivity index is 3.92. The molecule has 1 heterocycles. The Bertz CT molecular complexity index is 1980. The maximum absolute atomic E-state index is 14.4. The number of nitrogens with one attached hydrogen (secondary N) is 7.